The Morgan fingerprint density at radius 1 is 1.57 bits per heavy atom. The van der Waals surface area contributed by atoms with Gasteiger partial charge in [-0.15, -0.1) is 6.58 Å². The summed E-state index contributed by atoms with van der Waals surface area (Å²) in [5.74, 6) is -0.359. The summed E-state index contributed by atoms with van der Waals surface area (Å²) in [6, 6.07) is 3.27. The van der Waals surface area contributed by atoms with Gasteiger partial charge in [0, 0.05) is 10.6 Å². The Morgan fingerprint density at radius 3 is 2.64 bits per heavy atom. The van der Waals surface area contributed by atoms with E-state index in [9.17, 15) is 4.39 Å². The summed E-state index contributed by atoms with van der Waals surface area (Å²) in [6.07, 6.45) is 1.48. The molecule has 0 saturated heterocycles. The fourth-order valence-corrected chi connectivity index (χ4v) is 1.60. The van der Waals surface area contributed by atoms with Gasteiger partial charge in [-0.05, 0) is 25.5 Å². The first-order valence-corrected chi connectivity index (χ1v) is 4.65. The molecule has 0 aromatic heterocycles. The molecule has 0 heterocycles. The average Bonchev–Trinajstić information content (AvgIpc) is 2.12. The standard InChI is InChI=1S/C11H13ClFN/c1-4-11(3,14)9-8(12)6-5-7(2)10(9)13/h4-6H,1,14H2,2-3H3/t11-/m1/s1. The molecule has 0 unspecified atom stereocenters. The van der Waals surface area contributed by atoms with Crippen LogP contribution >= 0.6 is 11.6 Å². The lowest BCUT2D eigenvalue weighted by molar-refractivity contribution is 0.539. The average molecular weight is 214 g/mol. The fraction of sp³-hybridized carbons (Fsp3) is 0.273. The van der Waals surface area contributed by atoms with Gasteiger partial charge in [0.15, 0.2) is 0 Å². The van der Waals surface area contributed by atoms with E-state index in [2.05, 4.69) is 6.58 Å². The Balaban J connectivity index is 3.47. The highest BCUT2D eigenvalue weighted by Crippen LogP contribution is 2.30. The summed E-state index contributed by atoms with van der Waals surface area (Å²) in [6.45, 7) is 6.92. The third-order valence-corrected chi connectivity index (χ3v) is 2.56. The van der Waals surface area contributed by atoms with Gasteiger partial charge in [-0.25, -0.2) is 4.39 Å². The number of hydrogen-bond acceptors (Lipinski definition) is 1. The van der Waals surface area contributed by atoms with Crippen LogP contribution in [0.3, 0.4) is 0 Å². The lowest BCUT2D eigenvalue weighted by Gasteiger charge is -2.23. The van der Waals surface area contributed by atoms with E-state index in [1.807, 2.05) is 0 Å². The third-order valence-electron chi connectivity index (χ3n) is 2.25. The molecule has 1 nitrogen and oxygen atoms in total. The minimum atomic E-state index is -0.937. The molecule has 0 radical (unpaired) electrons. The molecule has 2 N–H and O–H groups in total. The van der Waals surface area contributed by atoms with Crippen molar-refractivity contribution in [3.8, 4) is 0 Å². The molecule has 0 bridgehead atoms. The Kier molecular flexibility index (Phi) is 2.98. The summed E-state index contributed by atoms with van der Waals surface area (Å²) in [4.78, 5) is 0. The minimum absolute atomic E-state index is 0.300. The first-order chi connectivity index (χ1) is 6.40. The molecule has 1 aromatic rings. The molecule has 0 aliphatic carbocycles. The Labute approximate surface area is 88.4 Å². The molecule has 14 heavy (non-hydrogen) atoms. The third kappa shape index (κ3) is 1.81. The zero-order chi connectivity index (χ0) is 10.9. The second-order valence-corrected chi connectivity index (χ2v) is 3.95. The zero-order valence-electron chi connectivity index (χ0n) is 8.27. The van der Waals surface area contributed by atoms with Crippen molar-refractivity contribution in [1.82, 2.24) is 0 Å². The van der Waals surface area contributed by atoms with Crippen LogP contribution in [-0.4, -0.2) is 0 Å². The van der Waals surface area contributed by atoms with Crippen LogP contribution in [-0.2, 0) is 5.54 Å². The van der Waals surface area contributed by atoms with Crippen LogP contribution in [0, 0.1) is 12.7 Å². The molecule has 0 amide bonds. The number of nitrogens with two attached hydrogens (primary N) is 1. The molecule has 1 atom stereocenters. The summed E-state index contributed by atoms with van der Waals surface area (Å²) >= 11 is 5.90. The first kappa shape index (κ1) is 11.2. The lowest BCUT2D eigenvalue weighted by atomic mass is 9.91. The molecule has 76 valence electrons. The van der Waals surface area contributed by atoms with Gasteiger partial charge in [0.25, 0.3) is 0 Å². The predicted molar refractivity (Wildman–Crippen MR) is 57.9 cm³/mol. The Bertz CT molecular complexity index is 372. The molecule has 0 aliphatic rings. The van der Waals surface area contributed by atoms with E-state index in [4.69, 9.17) is 17.3 Å². The van der Waals surface area contributed by atoms with E-state index >= 15 is 0 Å². The van der Waals surface area contributed by atoms with Crippen molar-refractivity contribution in [2.45, 2.75) is 19.4 Å². The van der Waals surface area contributed by atoms with Gasteiger partial charge in [0.05, 0.1) is 5.54 Å². The van der Waals surface area contributed by atoms with Crippen molar-refractivity contribution >= 4 is 11.6 Å². The second kappa shape index (κ2) is 3.71. The Morgan fingerprint density at radius 2 is 2.14 bits per heavy atom. The van der Waals surface area contributed by atoms with Gasteiger partial charge in [-0.1, -0.05) is 23.7 Å². The highest BCUT2D eigenvalue weighted by molar-refractivity contribution is 6.31. The monoisotopic (exact) mass is 213 g/mol. The largest absolute Gasteiger partial charge is 0.318 e. The summed E-state index contributed by atoms with van der Waals surface area (Å²) in [5, 5.41) is 0.331. The molecular formula is C11H13ClFN. The number of hydrogen-bond donors (Lipinski definition) is 1. The molecule has 0 aliphatic heterocycles. The van der Waals surface area contributed by atoms with Crippen molar-refractivity contribution in [1.29, 1.82) is 0 Å². The second-order valence-electron chi connectivity index (χ2n) is 3.54. The van der Waals surface area contributed by atoms with Crippen molar-refractivity contribution in [3.63, 3.8) is 0 Å². The number of rotatable bonds is 2. The fourth-order valence-electron chi connectivity index (χ4n) is 1.25. The van der Waals surface area contributed by atoms with Gasteiger partial charge < -0.3 is 5.73 Å². The van der Waals surface area contributed by atoms with Gasteiger partial charge in [-0.2, -0.15) is 0 Å². The smallest absolute Gasteiger partial charge is 0.132 e. The highest BCUT2D eigenvalue weighted by atomic mass is 35.5. The molecule has 3 heteroatoms. The normalized spacial score (nSPS) is 14.9. The molecule has 1 aromatic carbocycles. The van der Waals surface area contributed by atoms with Crippen molar-refractivity contribution in [2.75, 3.05) is 0 Å². The van der Waals surface area contributed by atoms with Crippen LogP contribution in [0.25, 0.3) is 0 Å². The zero-order valence-corrected chi connectivity index (χ0v) is 9.03. The lowest BCUT2D eigenvalue weighted by Crippen LogP contribution is -2.32. The van der Waals surface area contributed by atoms with Crippen LogP contribution < -0.4 is 5.73 Å². The van der Waals surface area contributed by atoms with Crippen molar-refractivity contribution < 1.29 is 4.39 Å². The molecular weight excluding hydrogens is 201 g/mol. The number of halogens is 2. The molecule has 1 rings (SSSR count). The maximum Gasteiger partial charge on any atom is 0.132 e. The summed E-state index contributed by atoms with van der Waals surface area (Å²) in [5.41, 5.74) is 5.76. The van der Waals surface area contributed by atoms with E-state index < -0.39 is 5.54 Å². The van der Waals surface area contributed by atoms with Crippen LogP contribution in [0.4, 0.5) is 4.39 Å². The number of aryl methyl sites for hydroxylation is 1. The summed E-state index contributed by atoms with van der Waals surface area (Å²) < 4.78 is 13.7. The highest BCUT2D eigenvalue weighted by Gasteiger charge is 2.25. The van der Waals surface area contributed by atoms with Crippen molar-refractivity contribution in [3.05, 3.63) is 46.8 Å². The summed E-state index contributed by atoms with van der Waals surface area (Å²) in [7, 11) is 0. The van der Waals surface area contributed by atoms with Crippen LogP contribution in [0.5, 0.6) is 0 Å². The van der Waals surface area contributed by atoms with Gasteiger partial charge in [0.2, 0.25) is 0 Å². The van der Waals surface area contributed by atoms with E-state index in [1.54, 1.807) is 26.0 Å². The maximum atomic E-state index is 13.7. The molecule has 0 fully saturated rings. The number of benzene rings is 1. The van der Waals surface area contributed by atoms with Crippen LogP contribution in [0.2, 0.25) is 5.02 Å². The van der Waals surface area contributed by atoms with Crippen LogP contribution in [0.15, 0.2) is 24.8 Å². The van der Waals surface area contributed by atoms with Gasteiger partial charge in [0.1, 0.15) is 5.82 Å². The molecule has 0 spiro atoms. The SMILES string of the molecule is C=C[C@@](C)(N)c1c(Cl)ccc(C)c1F. The van der Waals surface area contributed by atoms with Crippen molar-refractivity contribution in [2.24, 2.45) is 5.73 Å². The van der Waals surface area contributed by atoms with Crippen LogP contribution in [0.1, 0.15) is 18.1 Å². The quantitative estimate of drug-likeness (QED) is 0.751. The Hall–Kier alpha value is -0.860. The van der Waals surface area contributed by atoms with E-state index in [0.717, 1.165) is 0 Å². The maximum absolute atomic E-state index is 13.7. The minimum Gasteiger partial charge on any atom is -0.318 e. The van der Waals surface area contributed by atoms with Gasteiger partial charge >= 0.3 is 0 Å². The predicted octanol–water partition coefficient (Wildman–Crippen LogP) is 3.15. The first-order valence-electron chi connectivity index (χ1n) is 4.27. The molecule has 0 saturated carbocycles. The van der Waals surface area contributed by atoms with Gasteiger partial charge in [-0.3, -0.25) is 0 Å². The van der Waals surface area contributed by atoms with E-state index in [-0.39, 0.29) is 5.82 Å². The van der Waals surface area contributed by atoms with E-state index in [1.165, 1.54) is 6.08 Å². The topological polar surface area (TPSA) is 26.0 Å². The van der Waals surface area contributed by atoms with E-state index in [0.29, 0.717) is 16.1 Å².